The van der Waals surface area contributed by atoms with Crippen molar-refractivity contribution >= 4 is 46.6 Å². The summed E-state index contributed by atoms with van der Waals surface area (Å²) in [5, 5.41) is 2.65. The lowest BCUT2D eigenvalue weighted by Crippen LogP contribution is -2.21. The van der Waals surface area contributed by atoms with E-state index in [4.69, 9.17) is 39.5 Å². The van der Waals surface area contributed by atoms with Crippen LogP contribution in [0.2, 0.25) is 0 Å². The fourth-order valence-corrected chi connectivity index (χ4v) is 2.65. The van der Waals surface area contributed by atoms with Crippen LogP contribution in [0.3, 0.4) is 0 Å². The minimum absolute atomic E-state index is 0.255. The number of carbonyl (C=O) groups excluding carboxylic acids is 1. The smallest absolute Gasteiger partial charge is 0.411 e. The molecule has 0 aromatic heterocycles. The van der Waals surface area contributed by atoms with Gasteiger partial charge in [-0.1, -0.05) is 84.2 Å². The maximum absolute atomic E-state index is 11.8. The fraction of sp³-hybridized carbons (Fsp3) is 0.278. The molecule has 0 saturated heterocycles. The Morgan fingerprint density at radius 3 is 2.38 bits per heavy atom. The standard InChI is InChI=1S/C18H18Cl3NO2/c1-2-16(13-7-4-3-5-8-13)14-9-6-10-15(11-14)22-17(23)24-12-18(19,20)21/h3-11,16H,2,12H2,1H3,(H,22,23). The van der Waals surface area contributed by atoms with Crippen molar-refractivity contribution in [2.45, 2.75) is 23.1 Å². The van der Waals surface area contributed by atoms with Crippen LogP contribution in [0.4, 0.5) is 10.5 Å². The van der Waals surface area contributed by atoms with Crippen LogP contribution in [0.15, 0.2) is 54.6 Å². The predicted octanol–water partition coefficient (Wildman–Crippen LogP) is 6.15. The van der Waals surface area contributed by atoms with E-state index < -0.39 is 9.89 Å². The number of anilines is 1. The highest BCUT2D eigenvalue weighted by molar-refractivity contribution is 6.67. The average Bonchev–Trinajstić information content (AvgIpc) is 2.54. The van der Waals surface area contributed by atoms with E-state index in [9.17, 15) is 4.79 Å². The number of ether oxygens (including phenoxy) is 1. The summed E-state index contributed by atoms with van der Waals surface area (Å²) in [4.78, 5) is 11.8. The van der Waals surface area contributed by atoms with E-state index in [1.165, 1.54) is 5.56 Å². The van der Waals surface area contributed by atoms with Crippen molar-refractivity contribution in [3.8, 4) is 0 Å². The molecule has 1 atom stereocenters. The number of hydrogen-bond donors (Lipinski definition) is 1. The molecule has 128 valence electrons. The van der Waals surface area contributed by atoms with Crippen LogP contribution in [0.1, 0.15) is 30.4 Å². The van der Waals surface area contributed by atoms with Gasteiger partial charge >= 0.3 is 6.09 Å². The lowest BCUT2D eigenvalue weighted by atomic mass is 9.89. The van der Waals surface area contributed by atoms with Crippen LogP contribution >= 0.6 is 34.8 Å². The molecule has 0 aliphatic carbocycles. The van der Waals surface area contributed by atoms with Crippen LogP contribution in [-0.2, 0) is 4.74 Å². The monoisotopic (exact) mass is 385 g/mol. The van der Waals surface area contributed by atoms with Gasteiger partial charge in [-0.15, -0.1) is 0 Å². The average molecular weight is 387 g/mol. The first-order valence-electron chi connectivity index (χ1n) is 7.54. The molecule has 2 rings (SSSR count). The maximum atomic E-state index is 11.8. The van der Waals surface area contributed by atoms with E-state index in [0.717, 1.165) is 12.0 Å². The lowest BCUT2D eigenvalue weighted by Gasteiger charge is -2.17. The largest absolute Gasteiger partial charge is 0.445 e. The molecule has 0 aliphatic heterocycles. The summed E-state index contributed by atoms with van der Waals surface area (Å²) in [6, 6.07) is 17.9. The van der Waals surface area contributed by atoms with Crippen molar-refractivity contribution < 1.29 is 9.53 Å². The van der Waals surface area contributed by atoms with Crippen molar-refractivity contribution in [2.24, 2.45) is 0 Å². The summed E-state index contributed by atoms with van der Waals surface area (Å²) >= 11 is 16.7. The fourth-order valence-electron chi connectivity index (χ4n) is 2.48. The number of amides is 1. The van der Waals surface area contributed by atoms with Crippen LogP contribution in [0.25, 0.3) is 0 Å². The molecular weight excluding hydrogens is 369 g/mol. The van der Waals surface area contributed by atoms with Gasteiger partial charge < -0.3 is 4.74 Å². The Hall–Kier alpha value is -1.42. The highest BCUT2D eigenvalue weighted by Crippen LogP contribution is 2.29. The number of carbonyl (C=O) groups is 1. The van der Waals surface area contributed by atoms with Crippen LogP contribution in [0.5, 0.6) is 0 Å². The zero-order chi connectivity index (χ0) is 17.6. The van der Waals surface area contributed by atoms with E-state index >= 15 is 0 Å². The predicted molar refractivity (Wildman–Crippen MR) is 100 cm³/mol. The third kappa shape index (κ3) is 5.90. The second kappa shape index (κ2) is 8.61. The molecule has 0 bridgehead atoms. The highest BCUT2D eigenvalue weighted by Gasteiger charge is 2.22. The van der Waals surface area contributed by atoms with Crippen molar-refractivity contribution in [3.05, 3.63) is 65.7 Å². The number of halogens is 3. The molecule has 0 aliphatic rings. The van der Waals surface area contributed by atoms with Gasteiger partial charge in [-0.3, -0.25) is 5.32 Å². The summed E-state index contributed by atoms with van der Waals surface area (Å²) in [7, 11) is 0. The zero-order valence-electron chi connectivity index (χ0n) is 13.1. The molecule has 2 aromatic carbocycles. The Labute approximate surface area is 156 Å². The Morgan fingerprint density at radius 1 is 1.08 bits per heavy atom. The van der Waals surface area contributed by atoms with Gasteiger partial charge in [-0.2, -0.15) is 0 Å². The minimum Gasteiger partial charge on any atom is -0.445 e. The van der Waals surface area contributed by atoms with Crippen molar-refractivity contribution in [3.63, 3.8) is 0 Å². The minimum atomic E-state index is -1.63. The van der Waals surface area contributed by atoms with E-state index in [1.807, 2.05) is 36.4 Å². The van der Waals surface area contributed by atoms with Gasteiger partial charge in [0.2, 0.25) is 3.79 Å². The quantitative estimate of drug-likeness (QED) is 0.626. The summed E-state index contributed by atoms with van der Waals surface area (Å²) in [6.07, 6.45) is 0.289. The molecule has 1 N–H and O–H groups in total. The summed E-state index contributed by atoms with van der Waals surface area (Å²) < 4.78 is 3.25. The number of hydrogen-bond acceptors (Lipinski definition) is 2. The Bertz CT molecular complexity index is 671. The molecule has 6 heteroatoms. The van der Waals surface area contributed by atoms with Gasteiger partial charge in [0, 0.05) is 11.6 Å². The van der Waals surface area contributed by atoms with Crippen LogP contribution < -0.4 is 5.32 Å². The second-order valence-corrected chi connectivity index (χ2v) is 7.83. The first-order chi connectivity index (χ1) is 11.4. The van der Waals surface area contributed by atoms with Gasteiger partial charge in [0.15, 0.2) is 0 Å². The van der Waals surface area contributed by atoms with Crippen molar-refractivity contribution in [1.82, 2.24) is 0 Å². The molecule has 24 heavy (non-hydrogen) atoms. The third-order valence-electron chi connectivity index (χ3n) is 3.51. The second-order valence-electron chi connectivity index (χ2n) is 5.31. The normalized spacial score (nSPS) is 12.5. The molecule has 1 unspecified atom stereocenters. The first kappa shape index (κ1) is 18.9. The number of benzene rings is 2. The van der Waals surface area contributed by atoms with E-state index in [-0.39, 0.29) is 12.5 Å². The molecule has 2 aromatic rings. The summed E-state index contributed by atoms with van der Waals surface area (Å²) in [5.74, 6) is 0.255. The zero-order valence-corrected chi connectivity index (χ0v) is 15.4. The SMILES string of the molecule is CCC(c1ccccc1)c1cccc(NC(=O)OCC(Cl)(Cl)Cl)c1. The van der Waals surface area contributed by atoms with Crippen LogP contribution in [-0.4, -0.2) is 16.5 Å². The Balaban J connectivity index is 2.09. The van der Waals surface area contributed by atoms with Gasteiger partial charge in [-0.05, 0) is 29.7 Å². The Kier molecular flexibility index (Phi) is 6.79. The number of nitrogens with one attached hydrogen (secondary N) is 1. The summed E-state index contributed by atoms with van der Waals surface area (Å²) in [6.45, 7) is 1.82. The lowest BCUT2D eigenvalue weighted by molar-refractivity contribution is 0.164. The number of alkyl halides is 3. The van der Waals surface area contributed by atoms with Gasteiger partial charge in [-0.25, -0.2) is 4.79 Å². The van der Waals surface area contributed by atoms with Crippen molar-refractivity contribution in [2.75, 3.05) is 11.9 Å². The number of rotatable bonds is 5. The molecule has 1 amide bonds. The molecule has 3 nitrogen and oxygen atoms in total. The van der Waals surface area contributed by atoms with Crippen LogP contribution in [0, 0.1) is 0 Å². The molecule has 0 fully saturated rings. The Morgan fingerprint density at radius 2 is 1.75 bits per heavy atom. The van der Waals surface area contributed by atoms with Crippen molar-refractivity contribution in [1.29, 1.82) is 0 Å². The van der Waals surface area contributed by atoms with Gasteiger partial charge in [0.05, 0.1) is 0 Å². The third-order valence-corrected chi connectivity index (χ3v) is 3.84. The highest BCUT2D eigenvalue weighted by atomic mass is 35.6. The summed E-state index contributed by atoms with van der Waals surface area (Å²) in [5.41, 5.74) is 2.98. The molecule has 0 spiro atoms. The molecule has 0 heterocycles. The van der Waals surface area contributed by atoms with Gasteiger partial charge in [0.25, 0.3) is 0 Å². The van der Waals surface area contributed by atoms with E-state index in [1.54, 1.807) is 6.07 Å². The van der Waals surface area contributed by atoms with Gasteiger partial charge in [0.1, 0.15) is 6.61 Å². The molecular formula is C18H18Cl3NO2. The maximum Gasteiger partial charge on any atom is 0.411 e. The molecule has 0 radical (unpaired) electrons. The van der Waals surface area contributed by atoms with E-state index in [2.05, 4.69) is 24.4 Å². The first-order valence-corrected chi connectivity index (χ1v) is 8.68. The topological polar surface area (TPSA) is 38.3 Å². The molecule has 0 saturated carbocycles. The van der Waals surface area contributed by atoms with E-state index in [0.29, 0.717) is 5.69 Å².